The standard InChI is InChI=1S/C16H18N8S.2ClH/c17-16-23-12-2-4-18-3-1-11(12)14(24-16)21-7-10-9-25-15(22-10)13-8-19-5-6-20-13;;/h5-6,8-9,18H,1-4,7H2,(H3,17,21,23,24);2*1H. The van der Waals surface area contributed by atoms with Crippen molar-refractivity contribution in [2.75, 3.05) is 24.1 Å². The summed E-state index contributed by atoms with van der Waals surface area (Å²) in [4.78, 5) is 21.8. The molecule has 0 saturated heterocycles. The molecule has 4 rings (SSSR count). The molecule has 0 aromatic carbocycles. The smallest absolute Gasteiger partial charge is 0.222 e. The Morgan fingerprint density at radius 3 is 2.78 bits per heavy atom. The zero-order chi connectivity index (χ0) is 17.1. The normalized spacial score (nSPS) is 12.9. The van der Waals surface area contributed by atoms with Gasteiger partial charge in [-0.25, -0.2) is 9.97 Å². The molecule has 0 spiro atoms. The first kappa shape index (κ1) is 21.2. The topological polar surface area (TPSA) is 115 Å². The largest absolute Gasteiger partial charge is 0.368 e. The maximum Gasteiger partial charge on any atom is 0.222 e. The first-order chi connectivity index (χ1) is 12.3. The number of nitrogen functional groups attached to an aromatic ring is 1. The quantitative estimate of drug-likeness (QED) is 0.580. The second-order valence-electron chi connectivity index (χ2n) is 5.69. The minimum atomic E-state index is 0. The van der Waals surface area contributed by atoms with Gasteiger partial charge in [0.1, 0.15) is 16.5 Å². The van der Waals surface area contributed by atoms with Gasteiger partial charge in [0.05, 0.1) is 24.1 Å². The fraction of sp³-hybridized carbons (Fsp3) is 0.312. The monoisotopic (exact) mass is 426 g/mol. The lowest BCUT2D eigenvalue weighted by molar-refractivity contribution is 0.708. The van der Waals surface area contributed by atoms with Crippen molar-refractivity contribution < 1.29 is 0 Å². The van der Waals surface area contributed by atoms with Gasteiger partial charge in [-0.3, -0.25) is 9.97 Å². The van der Waals surface area contributed by atoms with Gasteiger partial charge in [0, 0.05) is 36.3 Å². The van der Waals surface area contributed by atoms with Crippen LogP contribution in [0.4, 0.5) is 11.8 Å². The van der Waals surface area contributed by atoms with Crippen LogP contribution in [0.25, 0.3) is 10.7 Å². The molecule has 0 radical (unpaired) electrons. The summed E-state index contributed by atoms with van der Waals surface area (Å²) in [6.07, 6.45) is 6.79. The summed E-state index contributed by atoms with van der Waals surface area (Å²) in [5, 5.41) is 9.62. The lowest BCUT2D eigenvalue weighted by Crippen LogP contribution is -2.16. The third-order valence-corrected chi connectivity index (χ3v) is 4.89. The van der Waals surface area contributed by atoms with Crippen LogP contribution < -0.4 is 16.4 Å². The molecule has 8 nitrogen and oxygen atoms in total. The summed E-state index contributed by atoms with van der Waals surface area (Å²) >= 11 is 1.55. The first-order valence-electron chi connectivity index (χ1n) is 8.10. The highest BCUT2D eigenvalue weighted by Crippen LogP contribution is 2.23. The van der Waals surface area contributed by atoms with E-state index in [2.05, 4.69) is 35.6 Å². The zero-order valence-corrected chi connectivity index (χ0v) is 16.8. The molecule has 3 aromatic heterocycles. The van der Waals surface area contributed by atoms with Crippen LogP contribution in [-0.4, -0.2) is 38.0 Å². The molecule has 1 aliphatic rings. The highest BCUT2D eigenvalue weighted by Gasteiger charge is 2.16. The summed E-state index contributed by atoms with van der Waals surface area (Å²) in [5.74, 6) is 1.11. The van der Waals surface area contributed by atoms with Crippen molar-refractivity contribution in [2.45, 2.75) is 19.4 Å². The maximum atomic E-state index is 5.87. The van der Waals surface area contributed by atoms with Gasteiger partial charge in [0.25, 0.3) is 0 Å². The Hall–Kier alpha value is -2.07. The molecule has 1 aliphatic heterocycles. The van der Waals surface area contributed by atoms with E-state index in [4.69, 9.17) is 5.73 Å². The van der Waals surface area contributed by atoms with Crippen molar-refractivity contribution in [1.29, 1.82) is 0 Å². The predicted molar refractivity (Wildman–Crippen MR) is 112 cm³/mol. The molecule has 27 heavy (non-hydrogen) atoms. The second kappa shape index (κ2) is 9.75. The fourth-order valence-corrected chi connectivity index (χ4v) is 3.58. The van der Waals surface area contributed by atoms with Gasteiger partial charge in [0.15, 0.2) is 0 Å². The van der Waals surface area contributed by atoms with Crippen LogP contribution >= 0.6 is 36.2 Å². The predicted octanol–water partition coefficient (Wildman–Crippen LogP) is 2.12. The molecule has 4 N–H and O–H groups in total. The summed E-state index contributed by atoms with van der Waals surface area (Å²) in [6.45, 7) is 2.41. The van der Waals surface area contributed by atoms with E-state index >= 15 is 0 Å². The third kappa shape index (κ3) is 5.01. The molecule has 0 bridgehead atoms. The van der Waals surface area contributed by atoms with E-state index in [9.17, 15) is 0 Å². The molecular formula is C16H20Cl2N8S. The Morgan fingerprint density at radius 2 is 1.96 bits per heavy atom. The van der Waals surface area contributed by atoms with Gasteiger partial charge in [0.2, 0.25) is 5.95 Å². The Morgan fingerprint density at radius 1 is 1.11 bits per heavy atom. The van der Waals surface area contributed by atoms with Crippen LogP contribution in [0.5, 0.6) is 0 Å². The number of anilines is 2. The van der Waals surface area contributed by atoms with Gasteiger partial charge in [-0.1, -0.05) is 0 Å². The van der Waals surface area contributed by atoms with Gasteiger partial charge in [-0.2, -0.15) is 4.98 Å². The summed E-state index contributed by atoms with van der Waals surface area (Å²) in [7, 11) is 0. The highest BCUT2D eigenvalue weighted by atomic mass is 35.5. The Kier molecular flexibility index (Phi) is 7.66. The van der Waals surface area contributed by atoms with Gasteiger partial charge in [-0.05, 0) is 13.0 Å². The molecule has 4 heterocycles. The molecule has 0 saturated carbocycles. The molecule has 0 atom stereocenters. The van der Waals surface area contributed by atoms with Crippen molar-refractivity contribution in [3.8, 4) is 10.7 Å². The van der Waals surface area contributed by atoms with E-state index in [-0.39, 0.29) is 24.8 Å². The maximum absolute atomic E-state index is 5.87. The number of halogens is 2. The molecule has 0 amide bonds. The highest BCUT2D eigenvalue weighted by molar-refractivity contribution is 7.13. The molecule has 3 aromatic rings. The van der Waals surface area contributed by atoms with E-state index in [1.54, 1.807) is 29.9 Å². The minimum Gasteiger partial charge on any atom is -0.368 e. The molecule has 0 unspecified atom stereocenters. The third-order valence-electron chi connectivity index (χ3n) is 3.97. The number of hydrogen-bond acceptors (Lipinski definition) is 9. The van der Waals surface area contributed by atoms with E-state index in [1.807, 2.05) is 5.38 Å². The van der Waals surface area contributed by atoms with Crippen LogP contribution in [-0.2, 0) is 19.4 Å². The molecule has 144 valence electrons. The number of nitrogens with two attached hydrogens (primary N) is 1. The van der Waals surface area contributed by atoms with Crippen molar-refractivity contribution in [3.05, 3.63) is 40.9 Å². The number of hydrogen-bond donors (Lipinski definition) is 3. The Bertz CT molecular complexity index is 874. The fourth-order valence-electron chi connectivity index (χ4n) is 2.80. The summed E-state index contributed by atoms with van der Waals surface area (Å²) in [5.41, 5.74) is 9.76. The SMILES string of the molecule is Cl.Cl.Nc1nc2c(c(NCc3csc(-c4cnccn4)n3)n1)CCNCC2. The van der Waals surface area contributed by atoms with Crippen LogP contribution in [0.2, 0.25) is 0 Å². The molecule has 0 aliphatic carbocycles. The molecular weight excluding hydrogens is 407 g/mol. The first-order valence-corrected chi connectivity index (χ1v) is 8.98. The Labute approximate surface area is 173 Å². The summed E-state index contributed by atoms with van der Waals surface area (Å²) < 4.78 is 0. The van der Waals surface area contributed by atoms with E-state index in [0.29, 0.717) is 12.5 Å². The second-order valence-corrected chi connectivity index (χ2v) is 6.55. The summed E-state index contributed by atoms with van der Waals surface area (Å²) in [6, 6.07) is 0. The van der Waals surface area contributed by atoms with Gasteiger partial charge in [-0.15, -0.1) is 36.2 Å². The van der Waals surface area contributed by atoms with Crippen LogP contribution in [0.15, 0.2) is 24.0 Å². The number of nitrogens with zero attached hydrogens (tertiary/aromatic N) is 5. The zero-order valence-electron chi connectivity index (χ0n) is 14.4. The van der Waals surface area contributed by atoms with Crippen LogP contribution in [0.1, 0.15) is 17.0 Å². The lowest BCUT2D eigenvalue weighted by atomic mass is 10.1. The van der Waals surface area contributed by atoms with Crippen LogP contribution in [0.3, 0.4) is 0 Å². The van der Waals surface area contributed by atoms with E-state index < -0.39 is 0 Å². The Balaban J connectivity index is 0.00000131. The van der Waals surface area contributed by atoms with E-state index in [1.165, 1.54) is 0 Å². The number of fused-ring (bicyclic) bond motifs is 1. The molecule has 0 fully saturated rings. The number of thiazole rings is 1. The van der Waals surface area contributed by atoms with Crippen molar-refractivity contribution >= 4 is 47.9 Å². The van der Waals surface area contributed by atoms with Crippen LogP contribution in [0, 0.1) is 0 Å². The number of rotatable bonds is 4. The number of aromatic nitrogens is 5. The van der Waals surface area contributed by atoms with Crippen molar-refractivity contribution in [3.63, 3.8) is 0 Å². The average Bonchev–Trinajstić information content (AvgIpc) is 2.98. The van der Waals surface area contributed by atoms with Crippen molar-refractivity contribution in [2.24, 2.45) is 0 Å². The average molecular weight is 427 g/mol. The number of nitrogens with one attached hydrogen (secondary N) is 2. The minimum absolute atomic E-state index is 0. The van der Waals surface area contributed by atoms with Gasteiger partial charge < -0.3 is 16.4 Å². The van der Waals surface area contributed by atoms with Gasteiger partial charge >= 0.3 is 0 Å². The molecule has 11 heteroatoms. The lowest BCUT2D eigenvalue weighted by Gasteiger charge is -2.12. The van der Waals surface area contributed by atoms with Crippen molar-refractivity contribution in [1.82, 2.24) is 30.2 Å². The van der Waals surface area contributed by atoms with E-state index in [0.717, 1.165) is 59.4 Å².